The smallest absolute Gasteiger partial charge is 0.443 e. The number of rotatable bonds is 5. The molecule has 160 valence electrons. The van der Waals surface area contributed by atoms with Crippen LogP contribution in [0.15, 0.2) is 0 Å². The molecule has 1 rings (SSSR count). The van der Waals surface area contributed by atoms with E-state index in [2.05, 4.69) is 5.32 Å². The fourth-order valence-electron chi connectivity index (χ4n) is 2.38. The molecule has 1 aliphatic heterocycles. The Morgan fingerprint density at radius 3 is 2.11 bits per heavy atom. The maximum absolute atomic E-state index is 12.7. The number of carbonyl (C=O) groups excluding carboxylic acids is 4. The van der Waals surface area contributed by atoms with Crippen LogP contribution in [0.4, 0.5) is 14.4 Å². The highest BCUT2D eigenvalue weighted by molar-refractivity contribution is 6.22. The molecule has 1 heterocycles. The van der Waals surface area contributed by atoms with Crippen molar-refractivity contribution in [3.8, 4) is 0 Å². The van der Waals surface area contributed by atoms with E-state index in [0.717, 1.165) is 0 Å². The molecular weight excluding hydrogens is 392 g/mol. The fraction of sp³-hybridized carbons (Fsp3) is 0.778. The third-order valence-electron chi connectivity index (χ3n) is 3.42. The number of halogens is 1. The van der Waals surface area contributed by atoms with Gasteiger partial charge in [0.25, 0.3) is 5.91 Å². The summed E-state index contributed by atoms with van der Waals surface area (Å²) in [5, 5.41) is 1.56. The summed E-state index contributed by atoms with van der Waals surface area (Å²) < 4.78 is 15.5. The molecule has 9 nitrogen and oxygen atoms in total. The first kappa shape index (κ1) is 24.0. The van der Waals surface area contributed by atoms with Gasteiger partial charge in [-0.25, -0.2) is 14.4 Å². The topological polar surface area (TPSA) is 111 Å². The van der Waals surface area contributed by atoms with Gasteiger partial charge in [0.05, 0.1) is 5.38 Å². The number of amides is 4. The van der Waals surface area contributed by atoms with E-state index in [1.165, 1.54) is 0 Å². The normalized spacial score (nSPS) is 19.7. The zero-order valence-electron chi connectivity index (χ0n) is 17.3. The first-order valence-corrected chi connectivity index (χ1v) is 9.51. The van der Waals surface area contributed by atoms with Gasteiger partial charge in [0.1, 0.15) is 17.2 Å². The second-order valence-corrected chi connectivity index (χ2v) is 8.99. The number of imide groups is 3. The van der Waals surface area contributed by atoms with E-state index in [1.54, 1.807) is 41.5 Å². The van der Waals surface area contributed by atoms with Crippen molar-refractivity contribution >= 4 is 35.8 Å². The quantitative estimate of drug-likeness (QED) is 0.411. The number of alkyl halides is 1. The average Bonchev–Trinajstić information content (AvgIpc) is 2.76. The molecule has 28 heavy (non-hydrogen) atoms. The maximum Gasteiger partial charge on any atom is 0.509 e. The number of urea groups is 1. The number of carbonyl (C=O) groups is 4. The van der Waals surface area contributed by atoms with E-state index < -0.39 is 52.9 Å². The lowest BCUT2D eigenvalue weighted by Gasteiger charge is -2.28. The van der Waals surface area contributed by atoms with Gasteiger partial charge in [-0.15, -0.1) is 11.6 Å². The van der Waals surface area contributed by atoms with Crippen molar-refractivity contribution in [1.82, 2.24) is 10.2 Å². The Kier molecular flexibility index (Phi) is 7.70. The van der Waals surface area contributed by atoms with Gasteiger partial charge in [0.2, 0.25) is 0 Å². The molecule has 1 N–H and O–H groups in total. The molecule has 0 aromatic carbocycles. The second-order valence-electron chi connectivity index (χ2n) is 8.43. The number of hydrogen-bond donors (Lipinski definition) is 1. The van der Waals surface area contributed by atoms with Gasteiger partial charge in [-0.1, -0.05) is 13.3 Å². The van der Waals surface area contributed by atoms with Crippen molar-refractivity contribution < 1.29 is 33.4 Å². The molecule has 3 unspecified atom stereocenters. The molecule has 0 aromatic rings. The summed E-state index contributed by atoms with van der Waals surface area (Å²) in [6.07, 6.45) is -2.32. The largest absolute Gasteiger partial charge is 0.509 e. The Balaban J connectivity index is 3.04. The monoisotopic (exact) mass is 420 g/mol. The molecular formula is C18H29ClN2O7. The summed E-state index contributed by atoms with van der Waals surface area (Å²) in [6, 6.07) is -2.30. The highest BCUT2D eigenvalue weighted by Crippen LogP contribution is 2.24. The molecule has 0 bridgehead atoms. The van der Waals surface area contributed by atoms with Crippen LogP contribution in [-0.4, -0.2) is 57.8 Å². The molecule has 0 aromatic heterocycles. The van der Waals surface area contributed by atoms with Gasteiger partial charge in [-0.3, -0.25) is 4.79 Å². The summed E-state index contributed by atoms with van der Waals surface area (Å²) in [7, 11) is 0. The predicted molar refractivity (Wildman–Crippen MR) is 101 cm³/mol. The summed E-state index contributed by atoms with van der Waals surface area (Å²) in [6.45, 7) is 11.6. The first-order chi connectivity index (χ1) is 12.7. The zero-order valence-corrected chi connectivity index (χ0v) is 18.1. The summed E-state index contributed by atoms with van der Waals surface area (Å²) in [4.78, 5) is 49.6. The van der Waals surface area contributed by atoms with Crippen molar-refractivity contribution in [2.45, 2.75) is 90.0 Å². The lowest BCUT2D eigenvalue weighted by Crippen LogP contribution is -2.49. The van der Waals surface area contributed by atoms with Crippen LogP contribution in [0.3, 0.4) is 0 Å². The molecule has 1 fully saturated rings. The summed E-state index contributed by atoms with van der Waals surface area (Å²) in [5.41, 5.74) is -1.72. The summed E-state index contributed by atoms with van der Waals surface area (Å²) >= 11 is 6.32. The Bertz CT molecular complexity index is 624. The minimum absolute atomic E-state index is 0.344. The first-order valence-electron chi connectivity index (χ1n) is 9.07. The van der Waals surface area contributed by atoms with Crippen molar-refractivity contribution in [2.75, 3.05) is 0 Å². The lowest BCUT2D eigenvalue weighted by atomic mass is 10.0. The summed E-state index contributed by atoms with van der Waals surface area (Å²) in [5.74, 6) is -0.908. The molecule has 4 amide bonds. The van der Waals surface area contributed by atoms with E-state index in [4.69, 9.17) is 25.8 Å². The van der Waals surface area contributed by atoms with Gasteiger partial charge in [-0.2, -0.15) is 4.90 Å². The van der Waals surface area contributed by atoms with Crippen LogP contribution in [0.1, 0.15) is 61.3 Å². The highest BCUT2D eigenvalue weighted by atomic mass is 35.5. The molecule has 1 aliphatic rings. The predicted octanol–water partition coefficient (Wildman–Crippen LogP) is 3.57. The Hall–Kier alpha value is -2.03. The van der Waals surface area contributed by atoms with Gasteiger partial charge >= 0.3 is 18.3 Å². The second kappa shape index (κ2) is 8.98. The SMILES string of the molecule is CCCC(Cl)C(OC(=O)OC(C)(C)C)C1NC(=O)N(C(=O)OC(C)(C)C)C1=O. The molecule has 10 heteroatoms. The van der Waals surface area contributed by atoms with Gasteiger partial charge in [0.15, 0.2) is 6.10 Å². The van der Waals surface area contributed by atoms with Crippen LogP contribution >= 0.6 is 11.6 Å². The van der Waals surface area contributed by atoms with Crippen LogP contribution in [0.25, 0.3) is 0 Å². The van der Waals surface area contributed by atoms with Crippen molar-refractivity contribution in [1.29, 1.82) is 0 Å². The van der Waals surface area contributed by atoms with Crippen LogP contribution in [0.2, 0.25) is 0 Å². The van der Waals surface area contributed by atoms with E-state index >= 15 is 0 Å². The van der Waals surface area contributed by atoms with E-state index in [0.29, 0.717) is 17.7 Å². The minimum Gasteiger partial charge on any atom is -0.443 e. The Labute approximate surface area is 170 Å². The standard InChI is InChI=1S/C18H29ClN2O7/c1-8-9-10(19)12(26-16(25)28-18(5,6)7)11-13(22)21(14(23)20-11)15(24)27-17(2,3)4/h10-12H,8-9H2,1-7H3,(H,20,23). The Morgan fingerprint density at radius 1 is 1.11 bits per heavy atom. The molecule has 0 radical (unpaired) electrons. The number of nitrogens with zero attached hydrogens (tertiary/aromatic N) is 1. The number of nitrogens with one attached hydrogen (secondary N) is 1. The fourth-order valence-corrected chi connectivity index (χ4v) is 2.79. The van der Waals surface area contributed by atoms with Crippen LogP contribution in [-0.2, 0) is 19.0 Å². The highest BCUT2D eigenvalue weighted by Gasteiger charge is 2.50. The molecule has 3 atom stereocenters. The zero-order chi connectivity index (χ0) is 21.9. The van der Waals surface area contributed by atoms with Crippen LogP contribution in [0, 0.1) is 0 Å². The van der Waals surface area contributed by atoms with Gasteiger partial charge < -0.3 is 19.5 Å². The molecule has 0 saturated carbocycles. The maximum atomic E-state index is 12.7. The number of ether oxygens (including phenoxy) is 3. The third-order valence-corrected chi connectivity index (χ3v) is 3.88. The molecule has 0 aliphatic carbocycles. The number of hydrogen-bond acceptors (Lipinski definition) is 7. The third kappa shape index (κ3) is 6.85. The van der Waals surface area contributed by atoms with Crippen LogP contribution < -0.4 is 5.32 Å². The van der Waals surface area contributed by atoms with Crippen molar-refractivity contribution in [3.63, 3.8) is 0 Å². The van der Waals surface area contributed by atoms with E-state index in [1.807, 2.05) is 6.92 Å². The van der Waals surface area contributed by atoms with Gasteiger partial charge in [0, 0.05) is 0 Å². The molecule has 0 spiro atoms. The van der Waals surface area contributed by atoms with E-state index in [-0.39, 0.29) is 0 Å². The average molecular weight is 421 g/mol. The lowest BCUT2D eigenvalue weighted by molar-refractivity contribution is -0.129. The van der Waals surface area contributed by atoms with Gasteiger partial charge in [-0.05, 0) is 48.0 Å². The van der Waals surface area contributed by atoms with E-state index in [9.17, 15) is 19.2 Å². The molecule has 1 saturated heterocycles. The van der Waals surface area contributed by atoms with Crippen LogP contribution in [0.5, 0.6) is 0 Å². The van der Waals surface area contributed by atoms with Crippen molar-refractivity contribution in [3.05, 3.63) is 0 Å². The Morgan fingerprint density at radius 2 is 1.64 bits per heavy atom. The van der Waals surface area contributed by atoms with Crippen molar-refractivity contribution in [2.24, 2.45) is 0 Å². The minimum atomic E-state index is -1.33.